The van der Waals surface area contributed by atoms with Crippen LogP contribution >= 0.6 is 11.6 Å². The van der Waals surface area contributed by atoms with Gasteiger partial charge in [-0.05, 0) is 36.4 Å². The number of nitrogens with zero attached hydrogens (tertiary/aromatic N) is 2. The Labute approximate surface area is 155 Å². The average molecular weight is 371 g/mol. The number of aromatic nitrogens is 1. The average Bonchev–Trinajstić information content (AvgIpc) is 2.90. The van der Waals surface area contributed by atoms with E-state index in [4.69, 9.17) is 21.1 Å². The lowest BCUT2D eigenvalue weighted by molar-refractivity contribution is -0.139. The van der Waals surface area contributed by atoms with Crippen molar-refractivity contribution in [2.24, 2.45) is 0 Å². The van der Waals surface area contributed by atoms with Crippen molar-refractivity contribution in [2.75, 3.05) is 19.1 Å². The number of hydrogen-bond acceptors (Lipinski definition) is 6. The Kier molecular flexibility index (Phi) is 5.04. The second kappa shape index (κ2) is 7.41. The van der Waals surface area contributed by atoms with Gasteiger partial charge in [0.2, 0.25) is 0 Å². The number of pyridine rings is 1. The van der Waals surface area contributed by atoms with Crippen LogP contribution in [-0.4, -0.2) is 31.1 Å². The van der Waals surface area contributed by atoms with E-state index in [0.29, 0.717) is 16.2 Å². The maximum Gasteiger partial charge on any atom is 0.355 e. The van der Waals surface area contributed by atoms with Crippen LogP contribution in [0.2, 0.25) is 5.02 Å². The molecule has 0 fully saturated rings. The summed E-state index contributed by atoms with van der Waals surface area (Å²) in [6.45, 7) is 0. The molecule has 0 saturated heterocycles. The molecule has 7 heteroatoms. The van der Waals surface area contributed by atoms with E-state index in [0.717, 1.165) is 5.39 Å². The molecule has 1 aromatic carbocycles. The lowest BCUT2D eigenvalue weighted by Crippen LogP contribution is -2.27. The lowest BCUT2D eigenvalue weighted by Gasteiger charge is -2.24. The molecule has 26 heavy (non-hydrogen) atoms. The normalized spacial score (nSPS) is 13.7. The molecule has 0 N–H and O–H groups in total. The van der Waals surface area contributed by atoms with Crippen LogP contribution in [0.5, 0.6) is 0 Å². The molecule has 0 atom stereocenters. The van der Waals surface area contributed by atoms with Crippen LogP contribution in [0.1, 0.15) is 0 Å². The van der Waals surface area contributed by atoms with E-state index in [1.165, 1.54) is 20.3 Å². The summed E-state index contributed by atoms with van der Waals surface area (Å²) in [4.78, 5) is 30.6. The molecule has 1 aromatic heterocycles. The van der Waals surface area contributed by atoms with Gasteiger partial charge in [-0.3, -0.25) is 4.98 Å². The smallest absolute Gasteiger partial charge is 0.355 e. The highest BCUT2D eigenvalue weighted by molar-refractivity contribution is 6.35. The number of esters is 2. The number of halogens is 1. The van der Waals surface area contributed by atoms with E-state index in [-0.39, 0.29) is 11.3 Å². The quantitative estimate of drug-likeness (QED) is 0.771. The van der Waals surface area contributed by atoms with Crippen molar-refractivity contribution < 1.29 is 19.1 Å². The first-order valence-corrected chi connectivity index (χ1v) is 8.04. The van der Waals surface area contributed by atoms with Gasteiger partial charge in [-0.15, -0.1) is 0 Å². The third kappa shape index (κ3) is 3.07. The third-order valence-corrected chi connectivity index (χ3v) is 4.15. The van der Waals surface area contributed by atoms with Gasteiger partial charge in [0.25, 0.3) is 0 Å². The van der Waals surface area contributed by atoms with Gasteiger partial charge >= 0.3 is 11.9 Å². The molecule has 132 valence electrons. The van der Waals surface area contributed by atoms with Crippen LogP contribution in [-0.2, 0) is 19.1 Å². The Morgan fingerprint density at radius 2 is 1.85 bits per heavy atom. The van der Waals surface area contributed by atoms with Crippen LogP contribution < -0.4 is 4.90 Å². The van der Waals surface area contributed by atoms with Crippen LogP contribution in [0, 0.1) is 0 Å². The summed E-state index contributed by atoms with van der Waals surface area (Å²) in [5.41, 5.74) is 1.33. The van der Waals surface area contributed by atoms with Crippen molar-refractivity contribution in [3.63, 3.8) is 0 Å². The molecule has 0 amide bonds. The van der Waals surface area contributed by atoms with E-state index in [1.807, 2.05) is 6.07 Å². The monoisotopic (exact) mass is 370 g/mol. The summed E-state index contributed by atoms with van der Waals surface area (Å²) >= 11 is 6.24. The maximum absolute atomic E-state index is 12.5. The molecule has 0 saturated carbocycles. The van der Waals surface area contributed by atoms with Gasteiger partial charge in [-0.2, -0.15) is 0 Å². The fraction of sp³-hybridized carbons (Fsp3) is 0.105. The number of hydrogen-bond donors (Lipinski definition) is 0. The van der Waals surface area contributed by atoms with E-state index in [9.17, 15) is 9.59 Å². The fourth-order valence-electron chi connectivity index (χ4n) is 2.68. The summed E-state index contributed by atoms with van der Waals surface area (Å²) in [7, 11) is 2.50. The molecule has 0 unspecified atom stereocenters. The number of rotatable bonds is 3. The Hall–Kier alpha value is -3.12. The van der Waals surface area contributed by atoms with Crippen molar-refractivity contribution in [2.45, 2.75) is 0 Å². The number of allylic oxidation sites excluding steroid dienone is 2. The number of ether oxygens (including phenoxy) is 2. The highest BCUT2D eigenvalue weighted by Crippen LogP contribution is 2.34. The summed E-state index contributed by atoms with van der Waals surface area (Å²) in [6.07, 6.45) is 8.15. The van der Waals surface area contributed by atoms with Crippen LogP contribution in [0.15, 0.2) is 66.2 Å². The van der Waals surface area contributed by atoms with Gasteiger partial charge in [-0.1, -0.05) is 17.7 Å². The Bertz CT molecular complexity index is 979. The first-order valence-electron chi connectivity index (χ1n) is 7.66. The van der Waals surface area contributed by atoms with Gasteiger partial charge in [0, 0.05) is 17.8 Å². The van der Waals surface area contributed by atoms with Gasteiger partial charge in [0.05, 0.1) is 36.0 Å². The van der Waals surface area contributed by atoms with Gasteiger partial charge in [0.1, 0.15) is 5.70 Å². The van der Waals surface area contributed by atoms with Gasteiger partial charge < -0.3 is 14.4 Å². The molecule has 1 aliphatic heterocycles. The van der Waals surface area contributed by atoms with Crippen molar-refractivity contribution in [1.29, 1.82) is 0 Å². The van der Waals surface area contributed by atoms with Crippen molar-refractivity contribution in [3.05, 3.63) is 71.2 Å². The lowest BCUT2D eigenvalue weighted by atomic mass is 10.1. The van der Waals surface area contributed by atoms with E-state index >= 15 is 0 Å². The zero-order chi connectivity index (χ0) is 18.7. The predicted octanol–water partition coefficient (Wildman–Crippen LogP) is 3.38. The molecule has 0 spiro atoms. The summed E-state index contributed by atoms with van der Waals surface area (Å²) < 4.78 is 9.72. The Morgan fingerprint density at radius 1 is 1.08 bits per heavy atom. The second-order valence-corrected chi connectivity index (χ2v) is 5.69. The van der Waals surface area contributed by atoms with Crippen molar-refractivity contribution in [3.8, 4) is 0 Å². The Morgan fingerprint density at radius 3 is 2.58 bits per heavy atom. The van der Waals surface area contributed by atoms with E-state index in [1.54, 1.807) is 47.6 Å². The van der Waals surface area contributed by atoms with Crippen molar-refractivity contribution >= 4 is 40.1 Å². The Balaban J connectivity index is 2.30. The molecule has 2 aromatic rings. The van der Waals surface area contributed by atoms with E-state index in [2.05, 4.69) is 4.98 Å². The third-order valence-electron chi connectivity index (χ3n) is 3.85. The van der Waals surface area contributed by atoms with Gasteiger partial charge in [0.15, 0.2) is 0 Å². The molecular formula is C19H15ClN2O4. The first kappa shape index (κ1) is 17.7. The standard InChI is InChI=1S/C19H15ClN2O4/c1-25-18(23)13-6-3-4-11-22(17(13)19(24)26-2)15-9-8-14(20)16-12(15)7-5-10-21-16/h3-11H,1-2H3. The number of carbonyl (C=O) groups is 2. The second-order valence-electron chi connectivity index (χ2n) is 5.28. The molecule has 2 heterocycles. The number of fused-ring (bicyclic) bond motifs is 1. The first-order chi connectivity index (χ1) is 12.6. The van der Waals surface area contributed by atoms with Crippen LogP contribution in [0.3, 0.4) is 0 Å². The zero-order valence-electron chi connectivity index (χ0n) is 14.1. The molecule has 1 aliphatic rings. The molecule has 0 aliphatic carbocycles. The number of benzene rings is 1. The topological polar surface area (TPSA) is 68.7 Å². The fourth-order valence-corrected chi connectivity index (χ4v) is 2.90. The largest absolute Gasteiger partial charge is 0.465 e. The number of methoxy groups -OCH3 is 2. The molecule has 0 radical (unpaired) electrons. The minimum atomic E-state index is -0.673. The summed E-state index contributed by atoms with van der Waals surface area (Å²) in [5.74, 6) is -1.32. The van der Waals surface area contributed by atoms with Crippen molar-refractivity contribution in [1.82, 2.24) is 4.98 Å². The minimum absolute atomic E-state index is 0.0387. The predicted molar refractivity (Wildman–Crippen MR) is 98.6 cm³/mol. The minimum Gasteiger partial charge on any atom is -0.465 e. The van der Waals surface area contributed by atoms with Crippen LogP contribution in [0.4, 0.5) is 5.69 Å². The zero-order valence-corrected chi connectivity index (χ0v) is 14.9. The molecule has 6 nitrogen and oxygen atoms in total. The van der Waals surface area contributed by atoms with E-state index < -0.39 is 11.9 Å². The highest BCUT2D eigenvalue weighted by Gasteiger charge is 2.28. The molecule has 3 rings (SSSR count). The summed E-state index contributed by atoms with van der Waals surface area (Å²) in [6, 6.07) is 7.04. The van der Waals surface area contributed by atoms with Crippen LogP contribution in [0.25, 0.3) is 10.9 Å². The number of anilines is 1. The SMILES string of the molecule is COC(=O)C1=C(C(=O)OC)N(c2ccc(Cl)c3ncccc23)C=CC=C1. The molecular weight excluding hydrogens is 356 g/mol. The number of carbonyl (C=O) groups excluding carboxylic acids is 2. The maximum atomic E-state index is 12.5. The highest BCUT2D eigenvalue weighted by atomic mass is 35.5. The van der Waals surface area contributed by atoms with Gasteiger partial charge in [-0.25, -0.2) is 9.59 Å². The summed E-state index contributed by atoms with van der Waals surface area (Å²) in [5, 5.41) is 1.20. The molecule has 0 bridgehead atoms.